The number of benzene rings is 3. The summed E-state index contributed by atoms with van der Waals surface area (Å²) >= 11 is 3.43. The van der Waals surface area contributed by atoms with Crippen LogP contribution >= 0.6 is 33.9 Å². The number of thiazole rings is 1. The molecule has 1 aliphatic heterocycles. The number of carbonyl (C=O) groups excluding carboxylic acids is 1. The minimum Gasteiger partial charge on any atom is -0.493 e. The Labute approximate surface area is 253 Å². The van der Waals surface area contributed by atoms with Crippen LogP contribution in [0.25, 0.3) is 6.08 Å². The van der Waals surface area contributed by atoms with E-state index in [9.17, 15) is 14.0 Å². The molecule has 0 N–H and O–H groups in total. The average Bonchev–Trinajstić information content (AvgIpc) is 3.30. The first-order chi connectivity index (χ1) is 19.8. The zero-order valence-electron chi connectivity index (χ0n) is 22.5. The molecule has 210 valence electrons. The van der Waals surface area contributed by atoms with Crippen LogP contribution in [0.2, 0.25) is 0 Å². The minimum absolute atomic E-state index is 0.242. The molecule has 2 heterocycles. The topological polar surface area (TPSA) is 79.1 Å². The van der Waals surface area contributed by atoms with Crippen LogP contribution in [0.3, 0.4) is 0 Å². The van der Waals surface area contributed by atoms with E-state index < -0.39 is 12.0 Å². The van der Waals surface area contributed by atoms with Crippen LogP contribution in [0.5, 0.6) is 11.5 Å². The van der Waals surface area contributed by atoms with Gasteiger partial charge in [-0.3, -0.25) is 9.36 Å². The average molecular weight is 685 g/mol. The van der Waals surface area contributed by atoms with Crippen LogP contribution < -0.4 is 24.4 Å². The molecule has 0 fully saturated rings. The number of methoxy groups -OCH3 is 2. The summed E-state index contributed by atoms with van der Waals surface area (Å²) in [6.07, 6.45) is 2.29. The molecule has 0 saturated carbocycles. The third-order valence-corrected chi connectivity index (χ3v) is 8.40. The fourth-order valence-electron chi connectivity index (χ4n) is 4.67. The van der Waals surface area contributed by atoms with E-state index in [4.69, 9.17) is 19.2 Å². The van der Waals surface area contributed by atoms with Crippen molar-refractivity contribution in [3.05, 3.63) is 124 Å². The van der Waals surface area contributed by atoms with Gasteiger partial charge in [0.2, 0.25) is 0 Å². The Hall–Kier alpha value is -3.77. The highest BCUT2D eigenvalue weighted by atomic mass is 127. The van der Waals surface area contributed by atoms with E-state index in [1.54, 1.807) is 36.0 Å². The standard InChI is InChI=1S/C31H26FIN2O5S/c1-4-23-26(30(37)39-3)27(20-8-6-5-7-9-20)35-29(36)25(41-31(35)34-23)16-19-14-22(33)28(24(15-19)38-2)40-17-18-10-12-21(32)13-11-18/h5-16,27H,4,17H2,1-3H3/b25-16-/t27-/m0/s1. The lowest BCUT2D eigenvalue weighted by Gasteiger charge is -2.25. The molecule has 0 radical (unpaired) electrons. The Morgan fingerprint density at radius 1 is 1.12 bits per heavy atom. The smallest absolute Gasteiger partial charge is 0.338 e. The van der Waals surface area contributed by atoms with Crippen molar-refractivity contribution in [1.82, 2.24) is 4.57 Å². The molecule has 0 saturated heterocycles. The maximum Gasteiger partial charge on any atom is 0.338 e. The van der Waals surface area contributed by atoms with E-state index in [2.05, 4.69) is 22.6 Å². The summed E-state index contributed by atoms with van der Waals surface area (Å²) in [7, 11) is 2.88. The highest BCUT2D eigenvalue weighted by Gasteiger charge is 2.33. The fraction of sp³-hybridized carbons (Fsp3) is 0.194. The van der Waals surface area contributed by atoms with Crippen molar-refractivity contribution in [2.75, 3.05) is 14.2 Å². The molecule has 0 unspecified atom stereocenters. The van der Waals surface area contributed by atoms with Gasteiger partial charge in [-0.2, -0.15) is 0 Å². The Morgan fingerprint density at radius 2 is 1.85 bits per heavy atom. The van der Waals surface area contributed by atoms with Gasteiger partial charge < -0.3 is 14.2 Å². The summed E-state index contributed by atoms with van der Waals surface area (Å²) < 4.78 is 32.8. The second kappa shape index (κ2) is 12.4. The SMILES string of the molecule is CCC1=C(C(=O)OC)[C@H](c2ccccc2)n2c(s/c(=C\c3cc(I)c(OCc4ccc(F)cc4)c(OC)c3)c2=O)=N1. The van der Waals surface area contributed by atoms with Gasteiger partial charge in [0.1, 0.15) is 12.4 Å². The predicted molar refractivity (Wildman–Crippen MR) is 163 cm³/mol. The van der Waals surface area contributed by atoms with Crippen LogP contribution in [0, 0.1) is 9.39 Å². The molecule has 5 rings (SSSR count). The highest BCUT2D eigenvalue weighted by molar-refractivity contribution is 14.1. The lowest BCUT2D eigenvalue weighted by atomic mass is 9.95. The van der Waals surface area contributed by atoms with Gasteiger partial charge in [0.25, 0.3) is 5.56 Å². The lowest BCUT2D eigenvalue weighted by Crippen LogP contribution is -2.40. The van der Waals surface area contributed by atoms with E-state index in [0.717, 1.165) is 20.3 Å². The van der Waals surface area contributed by atoms with E-state index >= 15 is 0 Å². The Balaban J connectivity index is 1.58. The zero-order valence-corrected chi connectivity index (χ0v) is 25.5. The molecule has 3 aromatic carbocycles. The molecule has 1 aliphatic rings. The van der Waals surface area contributed by atoms with Crippen molar-refractivity contribution in [1.29, 1.82) is 0 Å². The van der Waals surface area contributed by atoms with Crippen LogP contribution in [0.1, 0.15) is 36.1 Å². The van der Waals surface area contributed by atoms with Gasteiger partial charge in [0.15, 0.2) is 16.3 Å². The predicted octanol–water partition coefficient (Wildman–Crippen LogP) is 5.13. The molecular formula is C31H26FIN2O5S. The number of hydrogen-bond acceptors (Lipinski definition) is 7. The van der Waals surface area contributed by atoms with Crippen LogP contribution in [-0.2, 0) is 16.1 Å². The third kappa shape index (κ3) is 5.84. The third-order valence-electron chi connectivity index (χ3n) is 6.61. The van der Waals surface area contributed by atoms with E-state index in [0.29, 0.717) is 38.5 Å². The quantitative estimate of drug-likeness (QED) is 0.190. The largest absolute Gasteiger partial charge is 0.493 e. The monoisotopic (exact) mass is 684 g/mol. The Bertz CT molecular complexity index is 1810. The first kappa shape index (κ1) is 28.7. The number of hydrogen-bond donors (Lipinski definition) is 0. The van der Waals surface area contributed by atoms with Crippen molar-refractivity contribution >= 4 is 46.0 Å². The number of esters is 1. The molecule has 10 heteroatoms. The number of ether oxygens (including phenoxy) is 3. The number of allylic oxidation sites excluding steroid dienone is 1. The van der Waals surface area contributed by atoms with E-state index in [1.165, 1.54) is 30.6 Å². The molecule has 0 spiro atoms. The van der Waals surface area contributed by atoms with Crippen LogP contribution in [0.15, 0.2) is 87.8 Å². The van der Waals surface area contributed by atoms with E-state index in [-0.39, 0.29) is 18.0 Å². The second-order valence-electron chi connectivity index (χ2n) is 9.15. The van der Waals surface area contributed by atoms with Gasteiger partial charge in [0.05, 0.1) is 39.6 Å². The van der Waals surface area contributed by atoms with Crippen molar-refractivity contribution in [2.45, 2.75) is 26.0 Å². The molecule has 0 amide bonds. The summed E-state index contributed by atoms with van der Waals surface area (Å²) in [6, 6.07) is 18.6. The number of fused-ring (bicyclic) bond motifs is 1. The first-order valence-electron chi connectivity index (χ1n) is 12.8. The number of halogens is 2. The van der Waals surface area contributed by atoms with Gasteiger partial charge in [-0.15, -0.1) is 0 Å². The fourth-order valence-corrected chi connectivity index (χ4v) is 6.47. The van der Waals surface area contributed by atoms with Crippen molar-refractivity contribution in [3.63, 3.8) is 0 Å². The molecule has 7 nitrogen and oxygen atoms in total. The van der Waals surface area contributed by atoms with Gasteiger partial charge in [0, 0.05) is 0 Å². The van der Waals surface area contributed by atoms with Gasteiger partial charge in [-0.25, -0.2) is 14.2 Å². The molecule has 41 heavy (non-hydrogen) atoms. The molecule has 1 atom stereocenters. The Morgan fingerprint density at radius 3 is 2.51 bits per heavy atom. The van der Waals surface area contributed by atoms with Crippen LogP contribution in [-0.4, -0.2) is 24.8 Å². The number of nitrogens with zero attached hydrogens (tertiary/aromatic N) is 2. The van der Waals surface area contributed by atoms with Gasteiger partial charge >= 0.3 is 5.97 Å². The molecule has 4 aromatic rings. The van der Waals surface area contributed by atoms with Crippen molar-refractivity contribution in [2.24, 2.45) is 4.99 Å². The normalized spacial score (nSPS) is 14.9. The summed E-state index contributed by atoms with van der Waals surface area (Å²) in [5, 5.41) is 0. The second-order valence-corrected chi connectivity index (χ2v) is 11.3. The lowest BCUT2D eigenvalue weighted by molar-refractivity contribution is -0.136. The minimum atomic E-state index is -0.658. The highest BCUT2D eigenvalue weighted by Crippen LogP contribution is 2.35. The van der Waals surface area contributed by atoms with Gasteiger partial charge in [-0.05, 0) is 76.0 Å². The number of rotatable bonds is 8. The van der Waals surface area contributed by atoms with Crippen molar-refractivity contribution < 1.29 is 23.4 Å². The molecule has 0 bridgehead atoms. The number of aromatic nitrogens is 1. The summed E-state index contributed by atoms with van der Waals surface area (Å²) in [5.41, 5.74) is 3.05. The maximum absolute atomic E-state index is 13.9. The van der Waals surface area contributed by atoms with Crippen molar-refractivity contribution in [3.8, 4) is 11.5 Å². The maximum atomic E-state index is 13.9. The Kier molecular flexibility index (Phi) is 8.69. The summed E-state index contributed by atoms with van der Waals surface area (Å²) in [6.45, 7) is 2.17. The summed E-state index contributed by atoms with van der Waals surface area (Å²) in [5.74, 6) is 0.235. The zero-order chi connectivity index (χ0) is 29.1. The summed E-state index contributed by atoms with van der Waals surface area (Å²) in [4.78, 5) is 32.0. The van der Waals surface area contributed by atoms with Crippen LogP contribution in [0.4, 0.5) is 4.39 Å². The first-order valence-corrected chi connectivity index (χ1v) is 14.7. The number of carbonyl (C=O) groups is 1. The molecular weight excluding hydrogens is 658 g/mol. The van der Waals surface area contributed by atoms with Gasteiger partial charge in [-0.1, -0.05) is 60.7 Å². The molecule has 0 aliphatic carbocycles. The molecule has 1 aromatic heterocycles. The van der Waals surface area contributed by atoms with E-state index in [1.807, 2.05) is 43.3 Å².